The fourth-order valence-electron chi connectivity index (χ4n) is 5.63. The summed E-state index contributed by atoms with van der Waals surface area (Å²) in [4.78, 5) is 32.9. The largest absolute Gasteiger partial charge is 0.491 e. The third-order valence-corrected chi connectivity index (χ3v) is 8.85. The van der Waals surface area contributed by atoms with Gasteiger partial charge in [-0.05, 0) is 57.5 Å². The molecule has 0 aliphatic carbocycles. The number of benzene rings is 3. The predicted molar refractivity (Wildman–Crippen MR) is 175 cm³/mol. The third kappa shape index (κ3) is 5.51. The number of hydrogen-bond donors (Lipinski definition) is 0. The molecule has 0 unspecified atom stereocenters. The summed E-state index contributed by atoms with van der Waals surface area (Å²) in [5.74, 6) is 0.0937. The molecule has 0 N–H and O–H groups in total. The number of carbonyl (C=O) groups excluding carboxylic acids is 1. The predicted octanol–water partition coefficient (Wildman–Crippen LogP) is 6.24. The minimum atomic E-state index is -0.760. The number of fused-ring (bicyclic) bond motifs is 2. The zero-order valence-corrected chi connectivity index (χ0v) is 26.5. The van der Waals surface area contributed by atoms with Crippen molar-refractivity contribution in [1.29, 1.82) is 0 Å². The fraction of sp³-hybridized carbons (Fsp3) is 0.229. The monoisotopic (exact) mass is 625 g/mol. The summed E-state index contributed by atoms with van der Waals surface area (Å²) >= 11 is 7.79. The van der Waals surface area contributed by atoms with Gasteiger partial charge in [0.1, 0.15) is 11.8 Å². The molecule has 9 heteroatoms. The molecule has 0 saturated carbocycles. The van der Waals surface area contributed by atoms with Gasteiger partial charge in [0, 0.05) is 39.8 Å². The Balaban J connectivity index is 1.54. The highest BCUT2D eigenvalue weighted by Crippen LogP contribution is 2.36. The molecule has 1 aliphatic rings. The summed E-state index contributed by atoms with van der Waals surface area (Å²) in [5.41, 5.74) is 4.23. The summed E-state index contributed by atoms with van der Waals surface area (Å²) < 4.78 is 15.9. The van der Waals surface area contributed by atoms with E-state index < -0.39 is 12.0 Å². The summed E-state index contributed by atoms with van der Waals surface area (Å²) in [7, 11) is 0. The van der Waals surface area contributed by atoms with Crippen LogP contribution in [-0.4, -0.2) is 27.8 Å². The van der Waals surface area contributed by atoms with Gasteiger partial charge in [0.15, 0.2) is 4.80 Å². The molecule has 2 aromatic heterocycles. The molecule has 3 heterocycles. The maximum Gasteiger partial charge on any atom is 0.338 e. The van der Waals surface area contributed by atoms with E-state index in [0.29, 0.717) is 43.5 Å². The van der Waals surface area contributed by atoms with E-state index >= 15 is 0 Å². The summed E-state index contributed by atoms with van der Waals surface area (Å²) in [6, 6.07) is 22.6. The van der Waals surface area contributed by atoms with Gasteiger partial charge in [-0.1, -0.05) is 77.5 Å². The van der Waals surface area contributed by atoms with Crippen LogP contribution in [0.2, 0.25) is 5.02 Å². The first-order valence-corrected chi connectivity index (χ1v) is 15.7. The first kappa shape index (κ1) is 29.7. The topological polar surface area (TPSA) is 74.8 Å². The fourth-order valence-corrected chi connectivity index (χ4v) is 6.86. The molecule has 44 heavy (non-hydrogen) atoms. The van der Waals surface area contributed by atoms with Crippen molar-refractivity contribution in [2.24, 2.45) is 4.99 Å². The van der Waals surface area contributed by atoms with Gasteiger partial charge in [-0.3, -0.25) is 9.36 Å². The molecule has 3 aromatic carbocycles. The van der Waals surface area contributed by atoms with E-state index in [1.54, 1.807) is 18.4 Å². The molecule has 0 spiro atoms. The Kier molecular flexibility index (Phi) is 8.29. The van der Waals surface area contributed by atoms with Crippen molar-refractivity contribution in [3.8, 4) is 5.75 Å². The van der Waals surface area contributed by atoms with Gasteiger partial charge in [-0.2, -0.15) is 0 Å². The van der Waals surface area contributed by atoms with Crippen molar-refractivity contribution in [3.05, 3.63) is 132 Å². The van der Waals surface area contributed by atoms with Crippen LogP contribution in [0.15, 0.2) is 100 Å². The van der Waals surface area contributed by atoms with Crippen LogP contribution in [0, 0.1) is 0 Å². The van der Waals surface area contributed by atoms with Crippen molar-refractivity contribution in [3.63, 3.8) is 0 Å². The van der Waals surface area contributed by atoms with Gasteiger partial charge in [0.25, 0.3) is 5.56 Å². The standard InChI is InChI=1S/C35H32ClN3O4S/c1-5-42-34(41)31-22(4)37-35-39(32(31)26-14-8-11-17-29(26)43-21(2)3)33(40)30(44-35)18-24-20-38(28-16-10-7-13-25(24)28)19-23-12-6-9-15-27(23)36/h6-18,20-21,32H,5,19H2,1-4H3/b30-18-/t32-/m1/s1. The van der Waals surface area contributed by atoms with E-state index in [0.717, 1.165) is 22.0 Å². The number of ether oxygens (including phenoxy) is 2. The maximum atomic E-state index is 14.3. The van der Waals surface area contributed by atoms with Crippen LogP contribution < -0.4 is 19.6 Å². The molecular formula is C35H32ClN3O4S. The maximum absolute atomic E-state index is 14.3. The van der Waals surface area contributed by atoms with Crippen LogP contribution in [0.25, 0.3) is 17.0 Å². The first-order valence-electron chi connectivity index (χ1n) is 14.5. The molecule has 7 nitrogen and oxygen atoms in total. The number of para-hydroxylation sites is 2. The molecule has 0 bridgehead atoms. The molecule has 6 rings (SSSR count). The lowest BCUT2D eigenvalue weighted by Gasteiger charge is -2.26. The van der Waals surface area contributed by atoms with Crippen molar-refractivity contribution >= 4 is 45.9 Å². The number of allylic oxidation sites excluding steroid dienone is 1. The highest BCUT2D eigenvalue weighted by atomic mass is 35.5. The van der Waals surface area contributed by atoms with Crippen LogP contribution in [0.1, 0.15) is 50.4 Å². The molecule has 5 aromatic rings. The van der Waals surface area contributed by atoms with Gasteiger partial charge in [0.05, 0.1) is 28.5 Å². The molecule has 0 saturated heterocycles. The molecule has 1 aliphatic heterocycles. The van der Waals surface area contributed by atoms with Gasteiger partial charge in [-0.25, -0.2) is 9.79 Å². The number of hydrogen-bond acceptors (Lipinski definition) is 6. The minimum Gasteiger partial charge on any atom is -0.491 e. The molecule has 0 fully saturated rings. The molecule has 1 atom stereocenters. The Morgan fingerprint density at radius 2 is 1.80 bits per heavy atom. The van der Waals surface area contributed by atoms with Crippen LogP contribution in [0.5, 0.6) is 5.75 Å². The summed E-state index contributed by atoms with van der Waals surface area (Å²) in [6.45, 7) is 8.22. The van der Waals surface area contributed by atoms with Gasteiger partial charge in [0.2, 0.25) is 0 Å². The molecule has 0 radical (unpaired) electrons. The Hall–Kier alpha value is -4.40. The van der Waals surface area contributed by atoms with Crippen molar-refractivity contribution < 1.29 is 14.3 Å². The van der Waals surface area contributed by atoms with Crippen molar-refractivity contribution in [2.45, 2.75) is 46.4 Å². The number of carbonyl (C=O) groups is 1. The van der Waals surface area contributed by atoms with E-state index in [4.69, 9.17) is 26.1 Å². The average molecular weight is 626 g/mol. The highest BCUT2D eigenvalue weighted by Gasteiger charge is 2.35. The van der Waals surface area contributed by atoms with Gasteiger partial charge < -0.3 is 14.0 Å². The lowest BCUT2D eigenvalue weighted by molar-refractivity contribution is -0.139. The number of aromatic nitrogens is 2. The van der Waals surface area contributed by atoms with E-state index in [9.17, 15) is 9.59 Å². The second-order valence-electron chi connectivity index (χ2n) is 10.8. The first-order chi connectivity index (χ1) is 21.3. The highest BCUT2D eigenvalue weighted by molar-refractivity contribution is 7.07. The Labute approximate surface area is 264 Å². The zero-order valence-electron chi connectivity index (χ0n) is 24.9. The number of esters is 1. The van der Waals surface area contributed by atoms with Crippen molar-refractivity contribution in [2.75, 3.05) is 6.61 Å². The van der Waals surface area contributed by atoms with Crippen LogP contribution in [0.3, 0.4) is 0 Å². The number of rotatable bonds is 8. The SMILES string of the molecule is CCOC(=O)C1=C(C)N=c2s/c(=C\c3cn(Cc4ccccc4Cl)c4ccccc34)c(=O)n2[C@@H]1c1ccccc1OC(C)C. The number of halogens is 1. The third-order valence-electron chi connectivity index (χ3n) is 7.50. The molecule has 0 amide bonds. The van der Waals surface area contributed by atoms with Crippen LogP contribution in [-0.2, 0) is 16.1 Å². The number of nitrogens with zero attached hydrogens (tertiary/aromatic N) is 3. The van der Waals surface area contributed by atoms with Crippen LogP contribution >= 0.6 is 22.9 Å². The van der Waals surface area contributed by atoms with Gasteiger partial charge >= 0.3 is 5.97 Å². The average Bonchev–Trinajstić information content (AvgIpc) is 3.50. The molecular weight excluding hydrogens is 594 g/mol. The molecule has 224 valence electrons. The van der Waals surface area contributed by atoms with E-state index in [-0.39, 0.29) is 18.3 Å². The lowest BCUT2D eigenvalue weighted by atomic mass is 9.95. The minimum absolute atomic E-state index is 0.105. The smallest absolute Gasteiger partial charge is 0.338 e. The zero-order chi connectivity index (χ0) is 31.0. The van der Waals surface area contributed by atoms with E-state index in [1.807, 2.05) is 92.9 Å². The van der Waals surface area contributed by atoms with E-state index in [1.165, 1.54) is 11.3 Å². The quantitative estimate of drug-likeness (QED) is 0.191. The van der Waals surface area contributed by atoms with Crippen molar-refractivity contribution in [1.82, 2.24) is 9.13 Å². The number of thiazole rings is 1. The van der Waals surface area contributed by atoms with Crippen LogP contribution in [0.4, 0.5) is 0 Å². The Morgan fingerprint density at radius 1 is 1.07 bits per heavy atom. The second kappa shape index (κ2) is 12.3. The summed E-state index contributed by atoms with van der Waals surface area (Å²) in [5, 5.41) is 1.72. The Bertz CT molecular complexity index is 2100. The van der Waals surface area contributed by atoms with Gasteiger partial charge in [-0.15, -0.1) is 0 Å². The Morgan fingerprint density at radius 3 is 2.57 bits per heavy atom. The summed E-state index contributed by atoms with van der Waals surface area (Å²) in [6.07, 6.45) is 3.85. The normalized spacial score (nSPS) is 15.0. The second-order valence-corrected chi connectivity index (χ2v) is 12.2. The van der Waals surface area contributed by atoms with E-state index in [2.05, 4.69) is 10.6 Å². The lowest BCUT2D eigenvalue weighted by Crippen LogP contribution is -2.40.